The fourth-order valence-corrected chi connectivity index (χ4v) is 1.25. The van der Waals surface area contributed by atoms with Crippen molar-refractivity contribution in [3.8, 4) is 6.07 Å². The smallest absolute Gasteiger partial charge is 0.357 e. The maximum Gasteiger partial charge on any atom is 0.357 e. The van der Waals surface area contributed by atoms with Crippen molar-refractivity contribution in [2.45, 2.75) is 20.4 Å². The largest absolute Gasteiger partial charge is 0.464 e. The highest BCUT2D eigenvalue weighted by molar-refractivity contribution is 5.90. The average Bonchev–Trinajstić information content (AvgIpc) is 2.53. The minimum absolute atomic E-state index is 0.231. The lowest BCUT2D eigenvalue weighted by molar-refractivity contribution is 0.0586. The maximum atomic E-state index is 11.4. The van der Waals surface area contributed by atoms with Crippen LogP contribution in [0.4, 0.5) is 0 Å². The van der Waals surface area contributed by atoms with E-state index in [0.29, 0.717) is 17.8 Å². The van der Waals surface area contributed by atoms with Crippen LogP contribution in [0, 0.1) is 18.3 Å². The topological polar surface area (TPSA) is 67.9 Å². The normalized spacial score (nSPS) is 9.57. The molecule has 0 fully saturated rings. The molecule has 0 N–H and O–H groups in total. The Labute approximate surface area is 81.9 Å². The van der Waals surface area contributed by atoms with Gasteiger partial charge in [-0.05, 0) is 13.8 Å². The maximum absolute atomic E-state index is 11.4. The highest BCUT2D eigenvalue weighted by atomic mass is 16.5. The van der Waals surface area contributed by atoms with Gasteiger partial charge in [0.25, 0.3) is 0 Å². The van der Waals surface area contributed by atoms with E-state index in [1.54, 1.807) is 6.92 Å². The number of carbonyl (C=O) groups is 1. The number of hydrogen-bond donors (Lipinski definition) is 0. The SMILES string of the molecule is CCn1nc(C)c(C#N)c1C(=O)OC. The van der Waals surface area contributed by atoms with Gasteiger partial charge >= 0.3 is 5.97 Å². The van der Waals surface area contributed by atoms with Crippen molar-refractivity contribution in [3.63, 3.8) is 0 Å². The van der Waals surface area contributed by atoms with Crippen LogP contribution in [0.25, 0.3) is 0 Å². The number of methoxy groups -OCH3 is 1. The summed E-state index contributed by atoms with van der Waals surface area (Å²) in [4.78, 5) is 11.4. The van der Waals surface area contributed by atoms with Gasteiger partial charge in [-0.25, -0.2) is 4.79 Å². The Morgan fingerprint density at radius 1 is 1.71 bits per heavy atom. The molecule has 0 aromatic carbocycles. The van der Waals surface area contributed by atoms with Crippen LogP contribution in [0.1, 0.15) is 28.7 Å². The van der Waals surface area contributed by atoms with Gasteiger partial charge in [0.1, 0.15) is 11.6 Å². The van der Waals surface area contributed by atoms with Crippen LogP contribution in [0.15, 0.2) is 0 Å². The molecule has 0 atom stereocenters. The number of carbonyl (C=O) groups excluding carboxylic acids is 1. The fraction of sp³-hybridized carbons (Fsp3) is 0.444. The van der Waals surface area contributed by atoms with Crippen molar-refractivity contribution in [1.29, 1.82) is 5.26 Å². The molecule has 0 spiro atoms. The zero-order valence-corrected chi connectivity index (χ0v) is 8.37. The first-order chi connectivity index (χ1) is 6.65. The molecule has 1 aromatic heterocycles. The van der Waals surface area contributed by atoms with E-state index in [-0.39, 0.29) is 5.69 Å². The predicted octanol–water partition coefficient (Wildman–Crippen LogP) is 0.870. The second-order valence-electron chi connectivity index (χ2n) is 2.73. The van der Waals surface area contributed by atoms with Gasteiger partial charge in [-0.15, -0.1) is 0 Å². The number of aromatic nitrogens is 2. The Balaban J connectivity index is 3.37. The van der Waals surface area contributed by atoms with Crippen molar-refractivity contribution in [3.05, 3.63) is 17.0 Å². The molecule has 0 aliphatic heterocycles. The lowest BCUT2D eigenvalue weighted by Gasteiger charge is -2.01. The van der Waals surface area contributed by atoms with Gasteiger partial charge < -0.3 is 4.74 Å². The number of nitriles is 1. The Morgan fingerprint density at radius 3 is 2.79 bits per heavy atom. The highest BCUT2D eigenvalue weighted by Gasteiger charge is 2.21. The third-order valence-corrected chi connectivity index (χ3v) is 1.92. The Morgan fingerprint density at radius 2 is 2.36 bits per heavy atom. The number of nitrogens with zero attached hydrogens (tertiary/aromatic N) is 3. The zero-order valence-electron chi connectivity index (χ0n) is 8.37. The minimum atomic E-state index is -0.524. The molecule has 1 rings (SSSR count). The second kappa shape index (κ2) is 3.92. The van der Waals surface area contributed by atoms with Crippen LogP contribution in [0.2, 0.25) is 0 Å². The first kappa shape index (κ1) is 10.3. The fourth-order valence-electron chi connectivity index (χ4n) is 1.25. The minimum Gasteiger partial charge on any atom is -0.464 e. The van der Waals surface area contributed by atoms with Crippen LogP contribution >= 0.6 is 0 Å². The van der Waals surface area contributed by atoms with Gasteiger partial charge in [0.2, 0.25) is 0 Å². The van der Waals surface area contributed by atoms with E-state index < -0.39 is 5.97 Å². The van der Waals surface area contributed by atoms with Gasteiger partial charge in [-0.1, -0.05) is 0 Å². The Hall–Kier alpha value is -1.83. The molecule has 0 amide bonds. The summed E-state index contributed by atoms with van der Waals surface area (Å²) in [6, 6.07) is 1.95. The Bertz CT molecular complexity index is 401. The molecule has 74 valence electrons. The van der Waals surface area contributed by atoms with Gasteiger partial charge in [0, 0.05) is 6.54 Å². The summed E-state index contributed by atoms with van der Waals surface area (Å²) >= 11 is 0. The van der Waals surface area contributed by atoms with E-state index in [1.165, 1.54) is 11.8 Å². The van der Waals surface area contributed by atoms with Crippen LogP contribution in [0.5, 0.6) is 0 Å². The van der Waals surface area contributed by atoms with Crippen LogP contribution in [-0.4, -0.2) is 22.9 Å². The quantitative estimate of drug-likeness (QED) is 0.653. The summed E-state index contributed by atoms with van der Waals surface area (Å²) in [5, 5.41) is 12.9. The van der Waals surface area contributed by atoms with Crippen molar-refractivity contribution in [2.24, 2.45) is 0 Å². The van der Waals surface area contributed by atoms with Gasteiger partial charge in [-0.3, -0.25) is 4.68 Å². The molecule has 0 aliphatic carbocycles. The third-order valence-electron chi connectivity index (χ3n) is 1.92. The molecule has 0 bridgehead atoms. The molecule has 5 nitrogen and oxygen atoms in total. The molecule has 0 unspecified atom stereocenters. The first-order valence-corrected chi connectivity index (χ1v) is 4.21. The summed E-state index contributed by atoms with van der Waals surface area (Å²) in [6.07, 6.45) is 0. The van der Waals surface area contributed by atoms with E-state index in [0.717, 1.165) is 0 Å². The summed E-state index contributed by atoms with van der Waals surface area (Å²) < 4.78 is 6.06. The predicted molar refractivity (Wildman–Crippen MR) is 48.7 cm³/mol. The second-order valence-corrected chi connectivity index (χ2v) is 2.73. The molecule has 0 saturated heterocycles. The molecule has 1 heterocycles. The Kier molecular flexibility index (Phi) is 2.87. The first-order valence-electron chi connectivity index (χ1n) is 4.21. The van der Waals surface area contributed by atoms with E-state index >= 15 is 0 Å². The van der Waals surface area contributed by atoms with Crippen LogP contribution in [0.3, 0.4) is 0 Å². The van der Waals surface area contributed by atoms with E-state index in [9.17, 15) is 4.79 Å². The van der Waals surface area contributed by atoms with Crippen molar-refractivity contribution >= 4 is 5.97 Å². The third kappa shape index (κ3) is 1.46. The monoisotopic (exact) mass is 193 g/mol. The average molecular weight is 193 g/mol. The van der Waals surface area contributed by atoms with Crippen molar-refractivity contribution in [2.75, 3.05) is 7.11 Å². The zero-order chi connectivity index (χ0) is 10.7. The van der Waals surface area contributed by atoms with Gasteiger partial charge in [-0.2, -0.15) is 10.4 Å². The lowest BCUT2D eigenvalue weighted by atomic mass is 10.2. The molecule has 1 aromatic rings. The molecule has 5 heteroatoms. The number of ether oxygens (including phenoxy) is 1. The van der Waals surface area contributed by atoms with Crippen LogP contribution in [-0.2, 0) is 11.3 Å². The number of esters is 1. The summed E-state index contributed by atoms with van der Waals surface area (Å²) in [6.45, 7) is 4.07. The van der Waals surface area contributed by atoms with E-state index in [4.69, 9.17) is 5.26 Å². The molecule has 0 radical (unpaired) electrons. The molecule has 0 aliphatic rings. The lowest BCUT2D eigenvalue weighted by Crippen LogP contribution is -2.12. The van der Waals surface area contributed by atoms with Gasteiger partial charge in [0.05, 0.1) is 12.8 Å². The van der Waals surface area contributed by atoms with Crippen molar-refractivity contribution < 1.29 is 9.53 Å². The molecular formula is C9H11N3O2. The standard InChI is InChI=1S/C9H11N3O2/c1-4-12-8(9(13)14-3)7(5-10)6(2)11-12/h4H2,1-3H3. The van der Waals surface area contributed by atoms with E-state index in [2.05, 4.69) is 9.84 Å². The van der Waals surface area contributed by atoms with Crippen molar-refractivity contribution in [1.82, 2.24) is 9.78 Å². The van der Waals surface area contributed by atoms with E-state index in [1.807, 2.05) is 13.0 Å². The summed E-state index contributed by atoms with van der Waals surface area (Å²) in [5.41, 5.74) is 1.07. The number of hydrogen-bond acceptors (Lipinski definition) is 4. The molecular weight excluding hydrogens is 182 g/mol. The number of aryl methyl sites for hydroxylation is 2. The summed E-state index contributed by atoms with van der Waals surface area (Å²) in [7, 11) is 1.28. The highest BCUT2D eigenvalue weighted by Crippen LogP contribution is 2.13. The van der Waals surface area contributed by atoms with Gasteiger partial charge in [0.15, 0.2) is 5.69 Å². The number of rotatable bonds is 2. The molecule has 14 heavy (non-hydrogen) atoms. The van der Waals surface area contributed by atoms with Crippen LogP contribution < -0.4 is 0 Å². The summed E-state index contributed by atoms with van der Waals surface area (Å²) in [5.74, 6) is -0.524. The molecule has 0 saturated carbocycles.